The Bertz CT molecular complexity index is 1210. The van der Waals surface area contributed by atoms with E-state index in [1.807, 2.05) is 25.1 Å². The van der Waals surface area contributed by atoms with E-state index in [0.29, 0.717) is 30.5 Å². The Morgan fingerprint density at radius 1 is 1.15 bits per heavy atom. The van der Waals surface area contributed by atoms with Crippen LogP contribution in [0.2, 0.25) is 0 Å². The van der Waals surface area contributed by atoms with Crippen molar-refractivity contribution in [3.8, 4) is 11.1 Å². The Balaban J connectivity index is 1.60. The first-order valence-corrected chi connectivity index (χ1v) is 10.2. The molecule has 4 rings (SSSR count). The third kappa shape index (κ3) is 5.04. The Labute approximate surface area is 188 Å². The normalized spacial score (nSPS) is 14.3. The van der Waals surface area contributed by atoms with Crippen LogP contribution in [0.15, 0.2) is 60.8 Å². The van der Waals surface area contributed by atoms with Crippen molar-refractivity contribution in [1.29, 1.82) is 5.41 Å². The largest absolute Gasteiger partial charge is 0.416 e. The molecule has 0 spiro atoms. The second kappa shape index (κ2) is 9.03. The summed E-state index contributed by atoms with van der Waals surface area (Å²) in [6.45, 7) is 3.18. The maximum atomic E-state index is 13.0. The van der Waals surface area contributed by atoms with E-state index in [9.17, 15) is 18.0 Å². The SMILES string of the molecule is Cc1ccc(NC(=O)c2cccc(C(F)(F)F)c2)cc1-c1ccnc(N2CCOCC2=N)c1. The van der Waals surface area contributed by atoms with Gasteiger partial charge < -0.3 is 15.0 Å². The smallest absolute Gasteiger partial charge is 0.372 e. The molecule has 0 atom stereocenters. The van der Waals surface area contributed by atoms with Crippen LogP contribution in [-0.4, -0.2) is 36.5 Å². The average Bonchev–Trinajstić information content (AvgIpc) is 2.80. The van der Waals surface area contributed by atoms with Crippen LogP contribution in [0, 0.1) is 12.3 Å². The summed E-state index contributed by atoms with van der Waals surface area (Å²) in [6, 6.07) is 13.3. The van der Waals surface area contributed by atoms with Gasteiger partial charge >= 0.3 is 6.18 Å². The van der Waals surface area contributed by atoms with Crippen LogP contribution < -0.4 is 10.2 Å². The molecular formula is C24H21F3N4O2. The van der Waals surface area contributed by atoms with Crippen molar-refractivity contribution in [2.45, 2.75) is 13.1 Å². The maximum absolute atomic E-state index is 13.0. The topological polar surface area (TPSA) is 78.3 Å². The van der Waals surface area contributed by atoms with Crippen molar-refractivity contribution >= 4 is 23.2 Å². The van der Waals surface area contributed by atoms with Crippen LogP contribution in [0.3, 0.4) is 0 Å². The van der Waals surface area contributed by atoms with E-state index in [4.69, 9.17) is 10.1 Å². The zero-order chi connectivity index (χ0) is 23.6. The molecule has 1 fully saturated rings. The van der Waals surface area contributed by atoms with Crippen molar-refractivity contribution in [2.24, 2.45) is 0 Å². The van der Waals surface area contributed by atoms with E-state index in [-0.39, 0.29) is 12.2 Å². The van der Waals surface area contributed by atoms with Crippen molar-refractivity contribution < 1.29 is 22.7 Å². The van der Waals surface area contributed by atoms with Crippen LogP contribution in [0.25, 0.3) is 11.1 Å². The number of hydrogen-bond donors (Lipinski definition) is 2. The van der Waals surface area contributed by atoms with Gasteiger partial charge in [0.25, 0.3) is 5.91 Å². The zero-order valence-electron chi connectivity index (χ0n) is 17.7. The lowest BCUT2D eigenvalue weighted by molar-refractivity contribution is -0.137. The molecule has 1 aliphatic heterocycles. The summed E-state index contributed by atoms with van der Waals surface area (Å²) in [5.41, 5.74) is 2.12. The number of benzene rings is 2. The van der Waals surface area contributed by atoms with Crippen LogP contribution >= 0.6 is 0 Å². The number of anilines is 2. The Morgan fingerprint density at radius 2 is 1.97 bits per heavy atom. The number of amidine groups is 1. The highest BCUT2D eigenvalue weighted by atomic mass is 19.4. The first-order chi connectivity index (χ1) is 15.7. The Kier molecular flexibility index (Phi) is 6.15. The molecule has 9 heteroatoms. The van der Waals surface area contributed by atoms with Gasteiger partial charge in [-0.05, 0) is 66.1 Å². The molecule has 33 heavy (non-hydrogen) atoms. The lowest BCUT2D eigenvalue weighted by Gasteiger charge is -2.28. The van der Waals surface area contributed by atoms with Crippen LogP contribution in [-0.2, 0) is 10.9 Å². The van der Waals surface area contributed by atoms with Gasteiger partial charge in [-0.25, -0.2) is 4.98 Å². The molecule has 0 radical (unpaired) electrons. The fourth-order valence-electron chi connectivity index (χ4n) is 3.57. The molecule has 1 aromatic heterocycles. The molecule has 1 saturated heterocycles. The molecule has 0 saturated carbocycles. The Hall–Kier alpha value is -3.72. The third-order valence-corrected chi connectivity index (χ3v) is 5.30. The van der Waals surface area contributed by atoms with E-state index in [1.54, 1.807) is 23.2 Å². The number of aromatic nitrogens is 1. The minimum atomic E-state index is -4.52. The molecule has 2 aromatic carbocycles. The van der Waals surface area contributed by atoms with Gasteiger partial charge in [-0.2, -0.15) is 13.2 Å². The molecule has 0 aliphatic carbocycles. The van der Waals surface area contributed by atoms with Crippen molar-refractivity contribution in [1.82, 2.24) is 4.98 Å². The number of ether oxygens (including phenoxy) is 1. The number of halogens is 3. The van der Waals surface area contributed by atoms with Gasteiger partial charge in [-0.1, -0.05) is 12.1 Å². The number of carbonyl (C=O) groups is 1. The number of carbonyl (C=O) groups excluding carboxylic acids is 1. The molecule has 1 aliphatic rings. The van der Waals surface area contributed by atoms with Gasteiger partial charge in [0, 0.05) is 24.0 Å². The van der Waals surface area contributed by atoms with Crippen molar-refractivity contribution in [3.63, 3.8) is 0 Å². The van der Waals surface area contributed by atoms with E-state index in [1.165, 1.54) is 12.1 Å². The van der Waals surface area contributed by atoms with Gasteiger partial charge in [-0.15, -0.1) is 0 Å². The number of amides is 1. The summed E-state index contributed by atoms with van der Waals surface area (Å²) in [7, 11) is 0. The predicted molar refractivity (Wildman–Crippen MR) is 120 cm³/mol. The van der Waals surface area contributed by atoms with Gasteiger partial charge in [0.2, 0.25) is 0 Å². The average molecular weight is 454 g/mol. The van der Waals surface area contributed by atoms with Crippen LogP contribution in [0.4, 0.5) is 24.7 Å². The number of aryl methyl sites for hydroxylation is 1. The first-order valence-electron chi connectivity index (χ1n) is 10.2. The standard InChI is InChI=1S/C24H21F3N4O2/c1-15-5-6-19(30-23(32)17-3-2-4-18(11-17)24(25,26)27)13-20(15)16-7-8-29-22(12-16)31-9-10-33-14-21(31)28/h2-8,11-13,28H,9-10,14H2,1H3,(H,30,32). The van der Waals surface area contributed by atoms with E-state index < -0.39 is 17.6 Å². The van der Waals surface area contributed by atoms with Crippen LogP contribution in [0.1, 0.15) is 21.5 Å². The molecule has 2 heterocycles. The number of hydrogen-bond acceptors (Lipinski definition) is 4. The lowest BCUT2D eigenvalue weighted by atomic mass is 10.0. The summed E-state index contributed by atoms with van der Waals surface area (Å²) in [6.07, 6.45) is -2.87. The monoisotopic (exact) mass is 454 g/mol. The molecule has 6 nitrogen and oxygen atoms in total. The second-order valence-corrected chi connectivity index (χ2v) is 7.62. The fourth-order valence-corrected chi connectivity index (χ4v) is 3.57. The van der Waals surface area contributed by atoms with E-state index >= 15 is 0 Å². The van der Waals surface area contributed by atoms with Gasteiger partial charge in [0.1, 0.15) is 18.3 Å². The van der Waals surface area contributed by atoms with Gasteiger partial charge in [0.15, 0.2) is 0 Å². The number of pyridine rings is 1. The minimum absolute atomic E-state index is 0.0797. The maximum Gasteiger partial charge on any atom is 0.416 e. The van der Waals surface area contributed by atoms with E-state index in [0.717, 1.165) is 28.8 Å². The van der Waals surface area contributed by atoms with Crippen LogP contribution in [0.5, 0.6) is 0 Å². The first kappa shape index (κ1) is 22.5. The van der Waals surface area contributed by atoms with E-state index in [2.05, 4.69) is 10.3 Å². The van der Waals surface area contributed by atoms with Crippen molar-refractivity contribution in [3.05, 3.63) is 77.5 Å². The molecule has 3 aromatic rings. The van der Waals surface area contributed by atoms with Gasteiger partial charge in [0.05, 0.1) is 12.2 Å². The third-order valence-electron chi connectivity index (χ3n) is 5.30. The summed E-state index contributed by atoms with van der Waals surface area (Å²) < 4.78 is 44.2. The number of nitrogens with zero attached hydrogens (tertiary/aromatic N) is 2. The molecule has 0 unspecified atom stereocenters. The highest BCUT2D eigenvalue weighted by Gasteiger charge is 2.31. The number of rotatable bonds is 4. The highest BCUT2D eigenvalue weighted by molar-refractivity contribution is 6.04. The Morgan fingerprint density at radius 3 is 2.73 bits per heavy atom. The highest BCUT2D eigenvalue weighted by Crippen LogP contribution is 2.31. The molecule has 1 amide bonds. The zero-order valence-corrected chi connectivity index (χ0v) is 17.7. The molecular weight excluding hydrogens is 433 g/mol. The quantitative estimate of drug-likeness (QED) is 0.572. The molecule has 2 N–H and O–H groups in total. The number of alkyl halides is 3. The predicted octanol–water partition coefficient (Wildman–Crippen LogP) is 5.14. The number of nitrogens with one attached hydrogen (secondary N) is 2. The minimum Gasteiger partial charge on any atom is -0.372 e. The van der Waals surface area contributed by atoms with Crippen molar-refractivity contribution in [2.75, 3.05) is 30.0 Å². The number of morpholine rings is 1. The fraction of sp³-hybridized carbons (Fsp3) is 0.208. The molecule has 0 bridgehead atoms. The second-order valence-electron chi connectivity index (χ2n) is 7.62. The summed E-state index contributed by atoms with van der Waals surface area (Å²) in [4.78, 5) is 18.7. The summed E-state index contributed by atoms with van der Waals surface area (Å²) >= 11 is 0. The summed E-state index contributed by atoms with van der Waals surface area (Å²) in [5, 5.41) is 10.8. The lowest BCUT2D eigenvalue weighted by Crippen LogP contribution is -2.41. The summed E-state index contributed by atoms with van der Waals surface area (Å²) in [5.74, 6) is 0.316. The van der Waals surface area contributed by atoms with Gasteiger partial charge in [-0.3, -0.25) is 10.2 Å². The molecule has 170 valence electrons.